The van der Waals surface area contributed by atoms with Crippen molar-refractivity contribution in [2.75, 3.05) is 6.54 Å². The summed E-state index contributed by atoms with van der Waals surface area (Å²) >= 11 is 0. The lowest BCUT2D eigenvalue weighted by Crippen LogP contribution is -2.31. The van der Waals surface area contributed by atoms with Crippen molar-refractivity contribution < 1.29 is 19.8 Å². The topological polar surface area (TPSA) is 109 Å². The fourth-order valence-corrected chi connectivity index (χ4v) is 3.52. The first-order chi connectivity index (χ1) is 14.4. The van der Waals surface area contributed by atoms with Crippen molar-refractivity contribution in [2.45, 2.75) is 38.1 Å². The van der Waals surface area contributed by atoms with Crippen LogP contribution in [0.3, 0.4) is 0 Å². The van der Waals surface area contributed by atoms with Gasteiger partial charge in [0.15, 0.2) is 0 Å². The third kappa shape index (κ3) is 7.33. The molecule has 30 heavy (non-hydrogen) atoms. The van der Waals surface area contributed by atoms with Crippen LogP contribution in [0.1, 0.15) is 42.1 Å². The standard InChI is InChI=1S/C19H24N2O.C4H4O4/c1-21-18-11-5-10-17(16(18)12-13-19(21)22)20-14-6-9-15-7-3-2-4-8-15;5-3(6)1-2-4(7)8/h2-4,7-8,12-13,17,20H,5-6,9-11,14H2,1H3;1-2H,(H,5,6)(H,7,8)/b;2-1+. The first-order valence-corrected chi connectivity index (χ1v) is 9.98. The number of benzene rings is 1. The van der Waals surface area contributed by atoms with Gasteiger partial charge in [0.25, 0.3) is 0 Å². The molecule has 1 aromatic heterocycles. The van der Waals surface area contributed by atoms with Crippen molar-refractivity contribution in [2.24, 2.45) is 7.05 Å². The van der Waals surface area contributed by atoms with Crippen LogP contribution in [0.5, 0.6) is 0 Å². The third-order valence-electron chi connectivity index (χ3n) is 5.00. The zero-order valence-corrected chi connectivity index (χ0v) is 17.1. The number of carbonyl (C=O) groups is 2. The second-order valence-electron chi connectivity index (χ2n) is 7.13. The quantitative estimate of drug-likeness (QED) is 0.477. The summed E-state index contributed by atoms with van der Waals surface area (Å²) in [6.07, 6.45) is 6.70. The van der Waals surface area contributed by atoms with Gasteiger partial charge >= 0.3 is 11.9 Å². The molecule has 0 saturated carbocycles. The predicted molar refractivity (Wildman–Crippen MR) is 115 cm³/mol. The molecule has 0 bridgehead atoms. The van der Waals surface area contributed by atoms with E-state index in [2.05, 4.69) is 35.6 Å². The average molecular weight is 412 g/mol. The van der Waals surface area contributed by atoms with Crippen molar-refractivity contribution in [3.05, 3.63) is 81.8 Å². The van der Waals surface area contributed by atoms with E-state index < -0.39 is 11.9 Å². The number of aromatic nitrogens is 1. The van der Waals surface area contributed by atoms with Crippen LogP contribution in [0, 0.1) is 0 Å². The molecule has 1 aliphatic rings. The second-order valence-corrected chi connectivity index (χ2v) is 7.13. The molecule has 1 atom stereocenters. The van der Waals surface area contributed by atoms with Gasteiger partial charge in [-0.15, -0.1) is 0 Å². The fourth-order valence-electron chi connectivity index (χ4n) is 3.52. The van der Waals surface area contributed by atoms with Crippen molar-refractivity contribution >= 4 is 11.9 Å². The highest BCUT2D eigenvalue weighted by Crippen LogP contribution is 2.28. The Labute approximate surface area is 175 Å². The number of nitrogens with zero attached hydrogens (tertiary/aromatic N) is 1. The maximum atomic E-state index is 11.8. The van der Waals surface area contributed by atoms with Crippen LogP contribution in [0.25, 0.3) is 0 Å². The maximum Gasteiger partial charge on any atom is 0.328 e. The van der Waals surface area contributed by atoms with Crippen molar-refractivity contribution in [1.29, 1.82) is 0 Å². The van der Waals surface area contributed by atoms with Gasteiger partial charge in [-0.25, -0.2) is 9.59 Å². The normalized spacial score (nSPS) is 15.2. The number of nitrogens with one attached hydrogen (secondary N) is 1. The van der Waals surface area contributed by atoms with Gasteiger partial charge in [0.2, 0.25) is 5.56 Å². The molecule has 0 fully saturated rings. The summed E-state index contributed by atoms with van der Waals surface area (Å²) in [4.78, 5) is 30.9. The van der Waals surface area contributed by atoms with E-state index in [1.807, 2.05) is 17.7 Å². The van der Waals surface area contributed by atoms with Crippen LogP contribution in [-0.2, 0) is 29.5 Å². The molecule has 0 radical (unpaired) electrons. The number of fused-ring (bicyclic) bond motifs is 1. The molecule has 0 amide bonds. The first-order valence-electron chi connectivity index (χ1n) is 9.98. The number of carboxylic acids is 2. The molecule has 3 rings (SSSR count). The maximum absolute atomic E-state index is 11.8. The minimum absolute atomic E-state index is 0.100. The molecule has 0 saturated heterocycles. The monoisotopic (exact) mass is 412 g/mol. The summed E-state index contributed by atoms with van der Waals surface area (Å²) in [7, 11) is 1.89. The SMILES string of the molecule is Cn1c2c(ccc1=O)C(NCCCc1ccccc1)CCC2.O=C(O)/C=C/C(=O)O. The van der Waals surface area contributed by atoms with Crippen LogP contribution < -0.4 is 10.9 Å². The highest BCUT2D eigenvalue weighted by Gasteiger charge is 2.21. The molecule has 0 spiro atoms. The summed E-state index contributed by atoms with van der Waals surface area (Å²) in [6.45, 7) is 1.02. The average Bonchev–Trinajstić information content (AvgIpc) is 2.74. The van der Waals surface area contributed by atoms with Gasteiger partial charge in [-0.3, -0.25) is 4.79 Å². The van der Waals surface area contributed by atoms with Crippen LogP contribution in [0.2, 0.25) is 0 Å². The van der Waals surface area contributed by atoms with Gasteiger partial charge < -0.3 is 20.1 Å². The van der Waals surface area contributed by atoms with E-state index in [0.29, 0.717) is 18.2 Å². The van der Waals surface area contributed by atoms with Crippen LogP contribution in [-0.4, -0.2) is 33.3 Å². The molecule has 0 aliphatic heterocycles. The lowest BCUT2D eigenvalue weighted by molar-refractivity contribution is -0.134. The zero-order chi connectivity index (χ0) is 21.9. The number of rotatable bonds is 7. The predicted octanol–water partition coefficient (Wildman–Crippen LogP) is 2.70. The van der Waals surface area contributed by atoms with E-state index in [4.69, 9.17) is 10.2 Å². The molecule has 1 aromatic carbocycles. The Morgan fingerprint density at radius 1 is 1.10 bits per heavy atom. The molecule has 2 aromatic rings. The minimum Gasteiger partial charge on any atom is -0.478 e. The van der Waals surface area contributed by atoms with Gasteiger partial charge in [0, 0.05) is 37.0 Å². The van der Waals surface area contributed by atoms with E-state index >= 15 is 0 Å². The van der Waals surface area contributed by atoms with Crippen LogP contribution in [0.4, 0.5) is 0 Å². The Morgan fingerprint density at radius 2 is 1.77 bits per heavy atom. The number of hydrogen-bond acceptors (Lipinski definition) is 4. The summed E-state index contributed by atoms with van der Waals surface area (Å²) < 4.78 is 1.81. The third-order valence-corrected chi connectivity index (χ3v) is 5.00. The highest BCUT2D eigenvalue weighted by atomic mass is 16.4. The lowest BCUT2D eigenvalue weighted by Gasteiger charge is -2.27. The second kappa shape index (κ2) is 11.7. The number of carboxylic acid groups (broad SMARTS) is 2. The fraction of sp³-hybridized carbons (Fsp3) is 0.348. The van der Waals surface area contributed by atoms with Gasteiger partial charge in [-0.2, -0.15) is 0 Å². The van der Waals surface area contributed by atoms with Gasteiger partial charge in [-0.05, 0) is 49.8 Å². The van der Waals surface area contributed by atoms with Gasteiger partial charge in [0.1, 0.15) is 0 Å². The molecule has 3 N–H and O–H groups in total. The molecule has 1 aliphatic carbocycles. The molecule has 7 heteroatoms. The Balaban J connectivity index is 0.000000343. The van der Waals surface area contributed by atoms with Crippen molar-refractivity contribution in [3.8, 4) is 0 Å². The largest absolute Gasteiger partial charge is 0.478 e. The Morgan fingerprint density at radius 3 is 2.40 bits per heavy atom. The number of aliphatic carboxylic acids is 2. The molecular formula is C23H28N2O5. The molecule has 7 nitrogen and oxygen atoms in total. The zero-order valence-electron chi connectivity index (χ0n) is 17.1. The summed E-state index contributed by atoms with van der Waals surface area (Å²) in [5.74, 6) is -2.51. The number of pyridine rings is 1. The molecule has 1 unspecified atom stereocenters. The number of hydrogen-bond donors (Lipinski definition) is 3. The molecule has 160 valence electrons. The Bertz CT molecular complexity index is 918. The lowest BCUT2D eigenvalue weighted by atomic mass is 9.91. The Kier molecular flexibility index (Phi) is 9.03. The summed E-state index contributed by atoms with van der Waals surface area (Å²) in [6, 6.07) is 14.7. The van der Waals surface area contributed by atoms with E-state index in [0.717, 1.165) is 38.6 Å². The van der Waals surface area contributed by atoms with E-state index in [9.17, 15) is 14.4 Å². The smallest absolute Gasteiger partial charge is 0.328 e. The van der Waals surface area contributed by atoms with Crippen molar-refractivity contribution in [3.63, 3.8) is 0 Å². The van der Waals surface area contributed by atoms with E-state index in [-0.39, 0.29) is 5.56 Å². The van der Waals surface area contributed by atoms with Crippen LogP contribution in [0.15, 0.2) is 59.4 Å². The van der Waals surface area contributed by atoms with Crippen LogP contribution >= 0.6 is 0 Å². The van der Waals surface area contributed by atoms with E-state index in [1.165, 1.54) is 16.8 Å². The highest BCUT2D eigenvalue weighted by molar-refractivity contribution is 5.89. The van der Waals surface area contributed by atoms with Gasteiger partial charge in [0.05, 0.1) is 0 Å². The molecule has 1 heterocycles. The van der Waals surface area contributed by atoms with Gasteiger partial charge in [-0.1, -0.05) is 36.4 Å². The van der Waals surface area contributed by atoms with Crippen molar-refractivity contribution in [1.82, 2.24) is 9.88 Å². The van der Waals surface area contributed by atoms with E-state index in [1.54, 1.807) is 6.07 Å². The summed E-state index contributed by atoms with van der Waals surface area (Å²) in [5, 5.41) is 19.3. The minimum atomic E-state index is -1.26. The first kappa shape index (κ1) is 23.1. The number of aryl methyl sites for hydroxylation is 1. The Hall–Kier alpha value is -3.19. The molecular weight excluding hydrogens is 384 g/mol. The summed E-state index contributed by atoms with van der Waals surface area (Å²) in [5.41, 5.74) is 4.02.